The van der Waals surface area contributed by atoms with E-state index in [2.05, 4.69) is 0 Å². The Morgan fingerprint density at radius 3 is 2.71 bits per heavy atom. The Kier molecular flexibility index (Phi) is 2.24. The van der Waals surface area contributed by atoms with Crippen LogP contribution in [0.15, 0.2) is 42.5 Å². The third-order valence-electron chi connectivity index (χ3n) is 4.85. The first-order chi connectivity index (χ1) is 9.97. The molecular weight excluding hydrogens is 270 g/mol. The largest absolute Gasteiger partial charge is 0.481 e. The van der Waals surface area contributed by atoms with Gasteiger partial charge in [0, 0.05) is 5.69 Å². The molecule has 108 valence electrons. The summed E-state index contributed by atoms with van der Waals surface area (Å²) in [6.45, 7) is 2.12. The SMILES string of the molecule is C[C@]12C=C[C@@]3(CN(c4ccccc4)C(=O)[C@H]3[C@H]1C(=O)O)O2. The van der Waals surface area contributed by atoms with E-state index >= 15 is 0 Å². The molecule has 0 aliphatic carbocycles. The van der Waals surface area contributed by atoms with Crippen LogP contribution in [0.25, 0.3) is 0 Å². The summed E-state index contributed by atoms with van der Waals surface area (Å²) in [5.41, 5.74) is -0.902. The molecule has 0 saturated carbocycles. The summed E-state index contributed by atoms with van der Waals surface area (Å²) in [6, 6.07) is 9.30. The van der Waals surface area contributed by atoms with Gasteiger partial charge in [-0.25, -0.2) is 0 Å². The number of para-hydroxylation sites is 1. The Labute approximate surface area is 121 Å². The van der Waals surface area contributed by atoms with E-state index < -0.39 is 29.0 Å². The highest BCUT2D eigenvalue weighted by atomic mass is 16.5. The topological polar surface area (TPSA) is 66.8 Å². The molecular formula is C16H15NO4. The van der Waals surface area contributed by atoms with Crippen molar-refractivity contribution in [3.63, 3.8) is 0 Å². The van der Waals surface area contributed by atoms with Crippen LogP contribution >= 0.6 is 0 Å². The van der Waals surface area contributed by atoms with Crippen molar-refractivity contribution >= 4 is 17.6 Å². The molecule has 1 aromatic carbocycles. The van der Waals surface area contributed by atoms with Gasteiger partial charge in [0.15, 0.2) is 0 Å². The van der Waals surface area contributed by atoms with Crippen molar-refractivity contribution in [2.75, 3.05) is 11.4 Å². The number of rotatable bonds is 2. The number of carbonyl (C=O) groups is 2. The number of benzene rings is 1. The molecule has 4 atom stereocenters. The zero-order chi connectivity index (χ0) is 14.8. The van der Waals surface area contributed by atoms with Crippen LogP contribution in [0.5, 0.6) is 0 Å². The molecule has 1 amide bonds. The Bertz CT molecular complexity index is 670. The third-order valence-corrected chi connectivity index (χ3v) is 4.85. The number of aliphatic carboxylic acids is 1. The summed E-state index contributed by atoms with van der Waals surface area (Å²) < 4.78 is 6.01. The molecule has 1 N–H and O–H groups in total. The molecule has 2 saturated heterocycles. The van der Waals surface area contributed by atoms with Crippen molar-refractivity contribution in [2.45, 2.75) is 18.1 Å². The van der Waals surface area contributed by atoms with E-state index in [1.165, 1.54) is 0 Å². The van der Waals surface area contributed by atoms with Crippen LogP contribution in [0.4, 0.5) is 5.69 Å². The molecule has 2 fully saturated rings. The molecule has 3 aliphatic rings. The molecule has 3 aliphatic heterocycles. The zero-order valence-corrected chi connectivity index (χ0v) is 11.5. The highest BCUT2D eigenvalue weighted by molar-refractivity contribution is 6.02. The van der Waals surface area contributed by atoms with Crippen molar-refractivity contribution in [1.29, 1.82) is 0 Å². The third kappa shape index (κ3) is 1.44. The van der Waals surface area contributed by atoms with Gasteiger partial charge in [0.1, 0.15) is 11.5 Å². The second kappa shape index (κ2) is 3.74. The van der Waals surface area contributed by atoms with Crippen molar-refractivity contribution < 1.29 is 19.4 Å². The Balaban J connectivity index is 1.79. The minimum absolute atomic E-state index is 0.165. The number of nitrogens with zero attached hydrogens (tertiary/aromatic N) is 1. The van der Waals surface area contributed by atoms with E-state index in [9.17, 15) is 14.7 Å². The first-order valence-electron chi connectivity index (χ1n) is 6.97. The quantitative estimate of drug-likeness (QED) is 0.835. The molecule has 0 aromatic heterocycles. The van der Waals surface area contributed by atoms with Crippen LogP contribution < -0.4 is 4.90 Å². The van der Waals surface area contributed by atoms with Crippen LogP contribution in [0.1, 0.15) is 6.92 Å². The molecule has 5 nitrogen and oxygen atoms in total. The van der Waals surface area contributed by atoms with E-state index in [1.807, 2.05) is 36.4 Å². The fourth-order valence-corrected chi connectivity index (χ4v) is 3.97. The number of fused-ring (bicyclic) bond motifs is 1. The van der Waals surface area contributed by atoms with Gasteiger partial charge in [0.2, 0.25) is 5.91 Å². The Hall–Kier alpha value is -2.14. The average molecular weight is 285 g/mol. The number of hydrogen-bond acceptors (Lipinski definition) is 3. The summed E-state index contributed by atoms with van der Waals surface area (Å²) in [5.74, 6) is -2.62. The van der Waals surface area contributed by atoms with E-state index in [0.717, 1.165) is 5.69 Å². The van der Waals surface area contributed by atoms with Gasteiger partial charge >= 0.3 is 5.97 Å². The van der Waals surface area contributed by atoms with Gasteiger partial charge in [-0.2, -0.15) is 0 Å². The number of anilines is 1. The molecule has 1 spiro atoms. The first kappa shape index (κ1) is 12.6. The van der Waals surface area contributed by atoms with Gasteiger partial charge in [-0.1, -0.05) is 30.4 Å². The normalized spacial score (nSPS) is 39.9. The van der Waals surface area contributed by atoms with Gasteiger partial charge in [-0.05, 0) is 19.1 Å². The van der Waals surface area contributed by atoms with Crippen molar-refractivity contribution in [1.82, 2.24) is 0 Å². The van der Waals surface area contributed by atoms with Crippen LogP contribution in [-0.4, -0.2) is 34.7 Å². The van der Waals surface area contributed by atoms with E-state index in [0.29, 0.717) is 6.54 Å². The Morgan fingerprint density at radius 2 is 2.05 bits per heavy atom. The molecule has 21 heavy (non-hydrogen) atoms. The summed E-state index contributed by atoms with van der Waals surface area (Å²) >= 11 is 0. The van der Waals surface area contributed by atoms with E-state index in [-0.39, 0.29) is 5.91 Å². The smallest absolute Gasteiger partial charge is 0.310 e. The van der Waals surface area contributed by atoms with E-state index in [1.54, 1.807) is 17.9 Å². The van der Waals surface area contributed by atoms with E-state index in [4.69, 9.17) is 4.74 Å². The number of amides is 1. The minimum Gasteiger partial charge on any atom is -0.481 e. The van der Waals surface area contributed by atoms with Gasteiger partial charge in [-0.15, -0.1) is 0 Å². The molecule has 4 rings (SSSR count). The van der Waals surface area contributed by atoms with Gasteiger partial charge in [0.25, 0.3) is 0 Å². The maximum atomic E-state index is 12.8. The Morgan fingerprint density at radius 1 is 1.33 bits per heavy atom. The van der Waals surface area contributed by atoms with Crippen molar-refractivity contribution in [2.24, 2.45) is 11.8 Å². The van der Waals surface area contributed by atoms with Gasteiger partial charge in [-0.3, -0.25) is 9.59 Å². The second-order valence-electron chi connectivity index (χ2n) is 6.13. The van der Waals surface area contributed by atoms with Crippen LogP contribution in [0, 0.1) is 11.8 Å². The highest BCUT2D eigenvalue weighted by Crippen LogP contribution is 2.57. The van der Waals surface area contributed by atoms with Crippen molar-refractivity contribution in [3.05, 3.63) is 42.5 Å². The number of carbonyl (C=O) groups excluding carboxylic acids is 1. The molecule has 3 heterocycles. The van der Waals surface area contributed by atoms with Gasteiger partial charge < -0.3 is 14.7 Å². The fourth-order valence-electron chi connectivity index (χ4n) is 3.97. The fraction of sp³-hybridized carbons (Fsp3) is 0.375. The van der Waals surface area contributed by atoms with Crippen LogP contribution in [0.3, 0.4) is 0 Å². The monoisotopic (exact) mass is 285 g/mol. The maximum absolute atomic E-state index is 12.8. The first-order valence-corrected chi connectivity index (χ1v) is 6.97. The number of carboxylic acid groups (broad SMARTS) is 1. The molecule has 0 radical (unpaired) electrons. The molecule has 2 bridgehead atoms. The lowest BCUT2D eigenvalue weighted by Gasteiger charge is -2.26. The summed E-state index contributed by atoms with van der Waals surface area (Å²) in [5, 5.41) is 9.53. The van der Waals surface area contributed by atoms with Crippen LogP contribution in [0.2, 0.25) is 0 Å². The minimum atomic E-state index is -0.975. The molecule has 5 heteroatoms. The lowest BCUT2D eigenvalue weighted by atomic mass is 9.72. The maximum Gasteiger partial charge on any atom is 0.310 e. The predicted molar refractivity (Wildman–Crippen MR) is 74.8 cm³/mol. The lowest BCUT2D eigenvalue weighted by Crippen LogP contribution is -2.43. The number of hydrogen-bond donors (Lipinski definition) is 1. The summed E-state index contributed by atoms with van der Waals surface area (Å²) in [6.07, 6.45) is 3.67. The molecule has 0 unspecified atom stereocenters. The lowest BCUT2D eigenvalue weighted by molar-refractivity contribution is -0.148. The standard InChI is InChI=1S/C16H15NO4/c1-15-7-8-16(21-15)9-17(10-5-3-2-4-6-10)13(18)11(16)12(15)14(19)20/h2-8,11-12H,9H2,1H3,(H,19,20)/t11-,12+,15+,16+/m1/s1. The highest BCUT2D eigenvalue weighted by Gasteiger charge is 2.71. The van der Waals surface area contributed by atoms with Crippen LogP contribution in [-0.2, 0) is 14.3 Å². The number of ether oxygens (including phenoxy) is 1. The molecule has 1 aromatic rings. The number of carboxylic acids is 1. The summed E-state index contributed by atoms with van der Waals surface area (Å²) in [7, 11) is 0. The summed E-state index contributed by atoms with van der Waals surface area (Å²) in [4.78, 5) is 26.1. The predicted octanol–water partition coefficient (Wildman–Crippen LogP) is 1.45. The second-order valence-corrected chi connectivity index (χ2v) is 6.13. The zero-order valence-electron chi connectivity index (χ0n) is 11.5. The average Bonchev–Trinajstić information content (AvgIpc) is 3.02. The van der Waals surface area contributed by atoms with Gasteiger partial charge in [0.05, 0.1) is 18.1 Å². The van der Waals surface area contributed by atoms with Crippen molar-refractivity contribution in [3.8, 4) is 0 Å².